The van der Waals surface area contributed by atoms with E-state index in [0.29, 0.717) is 17.8 Å². The molecule has 1 amide bonds. The van der Waals surface area contributed by atoms with Gasteiger partial charge in [-0.25, -0.2) is 0 Å². The molecule has 5 heteroatoms. The number of amides is 1. The van der Waals surface area contributed by atoms with E-state index in [9.17, 15) is 4.79 Å². The lowest BCUT2D eigenvalue weighted by atomic mass is 10.0. The van der Waals surface area contributed by atoms with Crippen molar-refractivity contribution in [2.75, 3.05) is 18.2 Å². The van der Waals surface area contributed by atoms with Gasteiger partial charge in [-0.2, -0.15) is 0 Å². The van der Waals surface area contributed by atoms with Gasteiger partial charge in [0, 0.05) is 17.3 Å². The lowest BCUT2D eigenvalue weighted by molar-refractivity contribution is -0.136. The van der Waals surface area contributed by atoms with E-state index in [1.54, 1.807) is 13.0 Å². The largest absolute Gasteiger partial charge is 0.398 e. The number of halogens is 1. The summed E-state index contributed by atoms with van der Waals surface area (Å²) in [5, 5.41) is 2.83. The molecule has 0 aliphatic heterocycles. The fourth-order valence-corrected chi connectivity index (χ4v) is 1.99. The summed E-state index contributed by atoms with van der Waals surface area (Å²) in [6.07, 6.45) is 0.592. The van der Waals surface area contributed by atoms with Crippen molar-refractivity contribution in [2.24, 2.45) is 0 Å². The van der Waals surface area contributed by atoms with Gasteiger partial charge in [0.1, 0.15) is 5.60 Å². The number of methoxy groups -OCH3 is 1. The molecule has 0 saturated carbocycles. The topological polar surface area (TPSA) is 64.3 Å². The van der Waals surface area contributed by atoms with E-state index in [1.165, 1.54) is 7.11 Å². The minimum atomic E-state index is -0.834. The maximum absolute atomic E-state index is 12.1. The molecule has 0 saturated heterocycles. The predicted molar refractivity (Wildman–Crippen MR) is 77.6 cm³/mol. The van der Waals surface area contributed by atoms with Gasteiger partial charge in [-0.05, 0) is 53.9 Å². The van der Waals surface area contributed by atoms with Crippen LogP contribution in [0.25, 0.3) is 0 Å². The molecule has 18 heavy (non-hydrogen) atoms. The molecular formula is C13H19BrN2O2. The highest BCUT2D eigenvalue weighted by Gasteiger charge is 2.31. The lowest BCUT2D eigenvalue weighted by Crippen LogP contribution is -2.41. The summed E-state index contributed by atoms with van der Waals surface area (Å²) in [7, 11) is 1.53. The van der Waals surface area contributed by atoms with Gasteiger partial charge in [0.2, 0.25) is 0 Å². The van der Waals surface area contributed by atoms with Gasteiger partial charge in [0.25, 0.3) is 5.91 Å². The normalized spacial score (nSPS) is 14.1. The molecule has 0 aliphatic rings. The van der Waals surface area contributed by atoms with E-state index in [4.69, 9.17) is 10.5 Å². The molecule has 1 aromatic carbocycles. The number of aryl methyl sites for hydroxylation is 1. The van der Waals surface area contributed by atoms with Crippen molar-refractivity contribution in [1.82, 2.24) is 0 Å². The van der Waals surface area contributed by atoms with Crippen molar-refractivity contribution in [3.05, 3.63) is 22.2 Å². The minimum absolute atomic E-state index is 0.184. The molecule has 3 N–H and O–H groups in total. The Balaban J connectivity index is 2.98. The number of carbonyl (C=O) groups excluding carboxylic acids is 1. The smallest absolute Gasteiger partial charge is 0.256 e. The van der Waals surface area contributed by atoms with Crippen LogP contribution in [-0.4, -0.2) is 18.6 Å². The fraction of sp³-hybridized carbons (Fsp3) is 0.462. The zero-order valence-corrected chi connectivity index (χ0v) is 12.7. The van der Waals surface area contributed by atoms with Crippen LogP contribution in [0.3, 0.4) is 0 Å². The van der Waals surface area contributed by atoms with Gasteiger partial charge in [-0.3, -0.25) is 4.79 Å². The second-order valence-corrected chi connectivity index (χ2v) is 5.29. The van der Waals surface area contributed by atoms with E-state index in [2.05, 4.69) is 21.2 Å². The summed E-state index contributed by atoms with van der Waals surface area (Å²) < 4.78 is 6.06. The highest BCUT2D eigenvalue weighted by Crippen LogP contribution is 2.29. The average molecular weight is 315 g/mol. The third-order valence-electron chi connectivity index (χ3n) is 3.21. The van der Waals surface area contributed by atoms with Crippen LogP contribution in [0.4, 0.5) is 11.4 Å². The number of hydrogen-bond acceptors (Lipinski definition) is 3. The Bertz CT molecular complexity index is 457. The SMILES string of the molecule is CCC(C)(OC)C(=O)Nc1cc(N)c(C)cc1Br. The Labute approximate surface area is 116 Å². The number of carbonyl (C=O) groups is 1. The molecule has 0 spiro atoms. The van der Waals surface area contributed by atoms with Gasteiger partial charge in [-0.15, -0.1) is 0 Å². The van der Waals surface area contributed by atoms with Crippen LogP contribution in [0.2, 0.25) is 0 Å². The molecule has 4 nitrogen and oxygen atoms in total. The van der Waals surface area contributed by atoms with Gasteiger partial charge in [0.05, 0.1) is 5.69 Å². The second-order valence-electron chi connectivity index (χ2n) is 4.43. The molecule has 0 bridgehead atoms. The number of benzene rings is 1. The monoisotopic (exact) mass is 314 g/mol. The minimum Gasteiger partial charge on any atom is -0.398 e. The summed E-state index contributed by atoms with van der Waals surface area (Å²) >= 11 is 3.41. The summed E-state index contributed by atoms with van der Waals surface area (Å²) in [6.45, 7) is 5.58. The van der Waals surface area contributed by atoms with Crippen LogP contribution in [0.5, 0.6) is 0 Å². The van der Waals surface area contributed by atoms with Crippen molar-refractivity contribution >= 4 is 33.2 Å². The van der Waals surface area contributed by atoms with Gasteiger partial charge >= 0.3 is 0 Å². The van der Waals surface area contributed by atoms with Crippen LogP contribution < -0.4 is 11.1 Å². The summed E-state index contributed by atoms with van der Waals surface area (Å²) in [5.74, 6) is -0.184. The van der Waals surface area contributed by atoms with Crippen LogP contribution >= 0.6 is 15.9 Å². The first-order valence-electron chi connectivity index (χ1n) is 5.76. The fourth-order valence-electron chi connectivity index (χ4n) is 1.44. The Morgan fingerprint density at radius 1 is 1.56 bits per heavy atom. The van der Waals surface area contributed by atoms with Crippen molar-refractivity contribution in [3.8, 4) is 0 Å². The molecule has 1 unspecified atom stereocenters. The maximum atomic E-state index is 12.1. The van der Waals surface area contributed by atoms with E-state index >= 15 is 0 Å². The lowest BCUT2D eigenvalue weighted by Gasteiger charge is -2.25. The molecule has 1 aromatic rings. The third kappa shape index (κ3) is 3.03. The quantitative estimate of drug-likeness (QED) is 0.839. The van der Waals surface area contributed by atoms with Crippen molar-refractivity contribution in [1.29, 1.82) is 0 Å². The van der Waals surface area contributed by atoms with Gasteiger partial charge < -0.3 is 15.8 Å². The molecule has 0 radical (unpaired) electrons. The second kappa shape index (κ2) is 5.71. The van der Waals surface area contributed by atoms with Crippen LogP contribution in [0, 0.1) is 6.92 Å². The number of nitrogens with two attached hydrogens (primary N) is 1. The summed E-state index contributed by atoms with van der Waals surface area (Å²) in [4.78, 5) is 12.1. The summed E-state index contributed by atoms with van der Waals surface area (Å²) in [5.41, 5.74) is 7.26. The number of nitrogen functional groups attached to an aromatic ring is 1. The molecular weight excluding hydrogens is 296 g/mol. The first kappa shape index (κ1) is 15.0. The molecule has 1 rings (SSSR count). The Hall–Kier alpha value is -1.07. The summed E-state index contributed by atoms with van der Waals surface area (Å²) in [6, 6.07) is 3.62. The standard InChI is InChI=1S/C13H19BrN2O2/c1-5-13(3,18-4)12(17)16-11-7-10(15)8(2)6-9(11)14/h6-7H,5,15H2,1-4H3,(H,16,17). The zero-order chi connectivity index (χ0) is 13.9. The predicted octanol–water partition coefficient (Wildman–Crippen LogP) is 3.09. The molecule has 1 atom stereocenters. The van der Waals surface area contributed by atoms with Gasteiger partial charge in [0.15, 0.2) is 0 Å². The van der Waals surface area contributed by atoms with Gasteiger partial charge in [-0.1, -0.05) is 6.92 Å². The van der Waals surface area contributed by atoms with Crippen LogP contribution in [0.1, 0.15) is 25.8 Å². The molecule has 100 valence electrons. The molecule has 0 aromatic heterocycles. The zero-order valence-electron chi connectivity index (χ0n) is 11.1. The van der Waals surface area contributed by atoms with Crippen molar-refractivity contribution in [2.45, 2.75) is 32.8 Å². The van der Waals surface area contributed by atoms with Crippen LogP contribution in [-0.2, 0) is 9.53 Å². The molecule has 0 heterocycles. The highest BCUT2D eigenvalue weighted by atomic mass is 79.9. The van der Waals surface area contributed by atoms with E-state index in [0.717, 1.165) is 10.0 Å². The van der Waals surface area contributed by atoms with Crippen molar-refractivity contribution < 1.29 is 9.53 Å². The Kier molecular flexibility index (Phi) is 4.76. The average Bonchev–Trinajstić information content (AvgIpc) is 2.34. The third-order valence-corrected chi connectivity index (χ3v) is 3.87. The highest BCUT2D eigenvalue weighted by molar-refractivity contribution is 9.10. The number of ether oxygens (including phenoxy) is 1. The number of hydrogen-bond donors (Lipinski definition) is 2. The molecule has 0 aliphatic carbocycles. The van der Waals surface area contributed by atoms with E-state index in [1.807, 2.05) is 19.9 Å². The number of anilines is 2. The van der Waals surface area contributed by atoms with Crippen molar-refractivity contribution in [3.63, 3.8) is 0 Å². The number of nitrogens with one attached hydrogen (secondary N) is 1. The van der Waals surface area contributed by atoms with Crippen LogP contribution in [0.15, 0.2) is 16.6 Å². The first-order valence-corrected chi connectivity index (χ1v) is 6.55. The molecule has 0 fully saturated rings. The maximum Gasteiger partial charge on any atom is 0.256 e. The Morgan fingerprint density at radius 3 is 2.67 bits per heavy atom. The number of rotatable bonds is 4. The first-order chi connectivity index (χ1) is 8.34. The Morgan fingerprint density at radius 2 is 2.17 bits per heavy atom. The van der Waals surface area contributed by atoms with E-state index in [-0.39, 0.29) is 5.91 Å². The van der Waals surface area contributed by atoms with E-state index < -0.39 is 5.60 Å².